The fourth-order valence-electron chi connectivity index (χ4n) is 1.64. The van der Waals surface area contributed by atoms with Crippen molar-refractivity contribution in [2.24, 2.45) is 0 Å². The number of hydrogen-bond acceptors (Lipinski definition) is 5. The van der Waals surface area contributed by atoms with Crippen LogP contribution in [0.15, 0.2) is 28.7 Å². The standard InChI is InChI=1S/C13H12BrNO5/c14-9-3-1-8(2-4-9)12(17)15-7-11(16)20-10-5-6-19-13(10)18/h1-4,10H,5-7H2,(H,15,17)/t10-/m0/s1. The lowest BCUT2D eigenvalue weighted by Gasteiger charge is -2.09. The molecule has 1 N–H and O–H groups in total. The normalized spacial score (nSPS) is 17.4. The molecule has 1 aromatic rings. The van der Waals surface area contributed by atoms with Crippen LogP contribution in [0.1, 0.15) is 16.8 Å². The smallest absolute Gasteiger partial charge is 0.347 e. The predicted molar refractivity (Wildman–Crippen MR) is 71.9 cm³/mol. The van der Waals surface area contributed by atoms with Crippen LogP contribution in [0.25, 0.3) is 0 Å². The summed E-state index contributed by atoms with van der Waals surface area (Å²) in [4.78, 5) is 34.3. The number of amides is 1. The van der Waals surface area contributed by atoms with E-state index in [0.717, 1.165) is 4.47 Å². The second-order valence-electron chi connectivity index (χ2n) is 4.12. The summed E-state index contributed by atoms with van der Waals surface area (Å²) in [5.41, 5.74) is 0.432. The van der Waals surface area contributed by atoms with Crippen molar-refractivity contribution < 1.29 is 23.9 Å². The molecule has 1 saturated heterocycles. The van der Waals surface area contributed by atoms with Crippen molar-refractivity contribution in [3.05, 3.63) is 34.3 Å². The van der Waals surface area contributed by atoms with Gasteiger partial charge in [-0.05, 0) is 24.3 Å². The molecule has 0 bridgehead atoms. The summed E-state index contributed by atoms with van der Waals surface area (Å²) in [6.07, 6.45) is -0.502. The van der Waals surface area contributed by atoms with Gasteiger partial charge in [-0.25, -0.2) is 4.79 Å². The molecule has 0 aromatic heterocycles. The van der Waals surface area contributed by atoms with Crippen LogP contribution < -0.4 is 5.32 Å². The third-order valence-corrected chi connectivity index (χ3v) is 3.19. The van der Waals surface area contributed by atoms with Crippen LogP contribution in [0.5, 0.6) is 0 Å². The molecule has 1 aromatic carbocycles. The number of rotatable bonds is 4. The maximum absolute atomic E-state index is 11.7. The summed E-state index contributed by atoms with van der Waals surface area (Å²) in [5, 5.41) is 2.43. The summed E-state index contributed by atoms with van der Waals surface area (Å²) in [7, 11) is 0. The van der Waals surface area contributed by atoms with Crippen LogP contribution >= 0.6 is 15.9 Å². The summed E-state index contributed by atoms with van der Waals surface area (Å²) >= 11 is 3.26. The fraction of sp³-hybridized carbons (Fsp3) is 0.308. The monoisotopic (exact) mass is 341 g/mol. The summed E-state index contributed by atoms with van der Waals surface area (Å²) in [6, 6.07) is 6.70. The van der Waals surface area contributed by atoms with Gasteiger partial charge in [0.25, 0.3) is 5.91 Å². The van der Waals surface area contributed by atoms with Crippen molar-refractivity contribution in [2.45, 2.75) is 12.5 Å². The number of esters is 2. The zero-order valence-corrected chi connectivity index (χ0v) is 12.0. The first kappa shape index (κ1) is 14.5. The lowest BCUT2D eigenvalue weighted by molar-refractivity contribution is -0.159. The Morgan fingerprint density at radius 2 is 2.05 bits per heavy atom. The molecule has 1 fully saturated rings. The number of benzene rings is 1. The van der Waals surface area contributed by atoms with Gasteiger partial charge >= 0.3 is 11.9 Å². The Bertz CT molecular complexity index is 528. The molecule has 1 heterocycles. The van der Waals surface area contributed by atoms with Gasteiger partial charge < -0.3 is 14.8 Å². The molecule has 0 spiro atoms. The van der Waals surface area contributed by atoms with Crippen LogP contribution in [0.2, 0.25) is 0 Å². The van der Waals surface area contributed by atoms with Crippen LogP contribution in [-0.4, -0.2) is 37.1 Å². The number of carbonyl (C=O) groups excluding carboxylic acids is 3. The van der Waals surface area contributed by atoms with Crippen LogP contribution in [0.3, 0.4) is 0 Å². The van der Waals surface area contributed by atoms with Crippen LogP contribution in [0.4, 0.5) is 0 Å². The number of ether oxygens (including phenoxy) is 2. The molecule has 2 rings (SSSR count). The topological polar surface area (TPSA) is 81.7 Å². The molecule has 1 aliphatic heterocycles. The summed E-state index contributed by atoms with van der Waals surface area (Å²) in [5.74, 6) is -1.60. The quantitative estimate of drug-likeness (QED) is 0.827. The molecule has 0 unspecified atom stereocenters. The van der Waals surface area contributed by atoms with E-state index >= 15 is 0 Å². The predicted octanol–water partition coefficient (Wildman–Crippen LogP) is 1.04. The molecule has 20 heavy (non-hydrogen) atoms. The minimum Gasteiger partial charge on any atom is -0.463 e. The minimum atomic E-state index is -0.855. The van der Waals surface area contributed by atoms with E-state index in [-0.39, 0.29) is 19.1 Å². The van der Waals surface area contributed by atoms with Crippen molar-refractivity contribution in [2.75, 3.05) is 13.2 Å². The number of carbonyl (C=O) groups is 3. The lowest BCUT2D eigenvalue weighted by Crippen LogP contribution is -2.33. The van der Waals surface area contributed by atoms with Gasteiger partial charge in [0.15, 0.2) is 0 Å². The van der Waals surface area contributed by atoms with Crippen molar-refractivity contribution in [1.29, 1.82) is 0 Å². The van der Waals surface area contributed by atoms with Gasteiger partial charge in [-0.1, -0.05) is 15.9 Å². The lowest BCUT2D eigenvalue weighted by atomic mass is 10.2. The Morgan fingerprint density at radius 3 is 2.65 bits per heavy atom. The van der Waals surface area contributed by atoms with Gasteiger partial charge in [0.1, 0.15) is 6.54 Å². The molecule has 1 atom stereocenters. The van der Waals surface area contributed by atoms with E-state index < -0.39 is 18.0 Å². The average molecular weight is 342 g/mol. The first-order valence-electron chi connectivity index (χ1n) is 5.96. The average Bonchev–Trinajstić information content (AvgIpc) is 2.82. The third-order valence-electron chi connectivity index (χ3n) is 2.66. The molecule has 106 valence electrons. The van der Waals surface area contributed by atoms with Crippen LogP contribution in [0, 0.1) is 0 Å². The molecule has 1 aliphatic rings. The zero-order chi connectivity index (χ0) is 14.5. The van der Waals surface area contributed by atoms with Gasteiger partial charge in [0.05, 0.1) is 6.61 Å². The maximum Gasteiger partial charge on any atom is 0.347 e. The number of cyclic esters (lactones) is 1. The van der Waals surface area contributed by atoms with Gasteiger partial charge in [0.2, 0.25) is 6.10 Å². The molecule has 0 saturated carbocycles. The number of hydrogen-bond donors (Lipinski definition) is 1. The van der Waals surface area contributed by atoms with Crippen molar-refractivity contribution in [1.82, 2.24) is 5.32 Å². The van der Waals surface area contributed by atoms with E-state index in [4.69, 9.17) is 4.74 Å². The highest BCUT2D eigenvalue weighted by Crippen LogP contribution is 2.11. The van der Waals surface area contributed by atoms with Gasteiger partial charge in [-0.2, -0.15) is 0 Å². The first-order chi connectivity index (χ1) is 9.56. The fourth-order valence-corrected chi connectivity index (χ4v) is 1.90. The van der Waals surface area contributed by atoms with E-state index in [1.165, 1.54) is 0 Å². The molecule has 6 nitrogen and oxygen atoms in total. The molecule has 0 radical (unpaired) electrons. The first-order valence-corrected chi connectivity index (χ1v) is 6.75. The highest BCUT2D eigenvalue weighted by Gasteiger charge is 2.30. The van der Waals surface area contributed by atoms with Crippen molar-refractivity contribution >= 4 is 33.8 Å². The van der Waals surface area contributed by atoms with E-state index in [9.17, 15) is 14.4 Å². The Balaban J connectivity index is 1.79. The van der Waals surface area contributed by atoms with E-state index in [0.29, 0.717) is 12.0 Å². The SMILES string of the molecule is O=C(CNC(=O)c1ccc(Br)cc1)O[C@H]1CCOC1=O. The molecular formula is C13H12BrNO5. The Labute approximate surface area is 123 Å². The second kappa shape index (κ2) is 6.51. The minimum absolute atomic E-state index is 0.252. The van der Waals surface area contributed by atoms with Gasteiger partial charge in [-0.3, -0.25) is 9.59 Å². The Kier molecular flexibility index (Phi) is 4.73. The molecule has 1 amide bonds. The van der Waals surface area contributed by atoms with Gasteiger partial charge in [-0.15, -0.1) is 0 Å². The van der Waals surface area contributed by atoms with E-state index in [1.807, 2.05) is 0 Å². The van der Waals surface area contributed by atoms with Crippen LogP contribution in [-0.2, 0) is 19.1 Å². The van der Waals surface area contributed by atoms with Crippen molar-refractivity contribution in [3.63, 3.8) is 0 Å². The number of halogens is 1. The highest BCUT2D eigenvalue weighted by molar-refractivity contribution is 9.10. The molecule has 0 aliphatic carbocycles. The maximum atomic E-state index is 11.7. The zero-order valence-electron chi connectivity index (χ0n) is 10.4. The van der Waals surface area contributed by atoms with Crippen molar-refractivity contribution in [3.8, 4) is 0 Å². The number of nitrogens with one attached hydrogen (secondary N) is 1. The summed E-state index contributed by atoms with van der Waals surface area (Å²) < 4.78 is 10.4. The highest BCUT2D eigenvalue weighted by atomic mass is 79.9. The largest absolute Gasteiger partial charge is 0.463 e. The second-order valence-corrected chi connectivity index (χ2v) is 5.04. The Hall–Kier alpha value is -1.89. The third kappa shape index (κ3) is 3.80. The Morgan fingerprint density at radius 1 is 1.35 bits per heavy atom. The summed E-state index contributed by atoms with van der Waals surface area (Å²) in [6.45, 7) is -0.0410. The van der Waals surface area contributed by atoms with E-state index in [2.05, 4.69) is 26.0 Å². The van der Waals surface area contributed by atoms with Gasteiger partial charge in [0, 0.05) is 16.5 Å². The molecule has 7 heteroatoms. The molecular weight excluding hydrogens is 330 g/mol. The van der Waals surface area contributed by atoms with E-state index in [1.54, 1.807) is 24.3 Å².